The van der Waals surface area contributed by atoms with E-state index in [0.717, 1.165) is 28.5 Å². The van der Waals surface area contributed by atoms with Crippen LogP contribution in [0.25, 0.3) is 5.82 Å². The van der Waals surface area contributed by atoms with Crippen LogP contribution in [0.5, 0.6) is 0 Å². The maximum absolute atomic E-state index is 12.7. The van der Waals surface area contributed by atoms with Gasteiger partial charge in [-0.2, -0.15) is 5.10 Å². The van der Waals surface area contributed by atoms with E-state index in [1.54, 1.807) is 17.1 Å². The molecule has 1 N–H and O–H groups in total. The van der Waals surface area contributed by atoms with E-state index in [1.165, 1.54) is 16.9 Å². The SMILES string of the molecule is Cc1c([C@@H](C)NC(=O)c2csc(Cc3ccccc3)n2)cnn1-c1ccccn1. The average molecular weight is 404 g/mol. The molecule has 1 atom stereocenters. The lowest BCUT2D eigenvalue weighted by Gasteiger charge is -2.13. The minimum absolute atomic E-state index is 0.182. The number of rotatable bonds is 6. The van der Waals surface area contributed by atoms with Gasteiger partial charge in [0.2, 0.25) is 0 Å². The Morgan fingerprint density at radius 3 is 2.72 bits per heavy atom. The van der Waals surface area contributed by atoms with Crippen molar-refractivity contribution >= 4 is 17.2 Å². The Balaban J connectivity index is 1.45. The van der Waals surface area contributed by atoms with Crippen LogP contribution in [-0.4, -0.2) is 25.7 Å². The molecule has 3 aromatic heterocycles. The zero-order chi connectivity index (χ0) is 20.2. The van der Waals surface area contributed by atoms with Gasteiger partial charge in [-0.05, 0) is 31.5 Å². The molecule has 0 fully saturated rings. The smallest absolute Gasteiger partial charge is 0.271 e. The summed E-state index contributed by atoms with van der Waals surface area (Å²) in [4.78, 5) is 21.5. The molecule has 0 aliphatic carbocycles. The van der Waals surface area contributed by atoms with Crippen molar-refractivity contribution in [3.63, 3.8) is 0 Å². The summed E-state index contributed by atoms with van der Waals surface area (Å²) >= 11 is 1.50. The molecule has 0 spiro atoms. The van der Waals surface area contributed by atoms with Crippen LogP contribution in [0.2, 0.25) is 0 Å². The second-order valence-electron chi connectivity index (χ2n) is 6.77. The van der Waals surface area contributed by atoms with Gasteiger partial charge < -0.3 is 5.32 Å². The van der Waals surface area contributed by atoms with E-state index in [0.29, 0.717) is 5.69 Å². The van der Waals surface area contributed by atoms with Gasteiger partial charge in [0.1, 0.15) is 5.69 Å². The molecular formula is C22H21N5OS. The number of nitrogens with one attached hydrogen (secondary N) is 1. The maximum Gasteiger partial charge on any atom is 0.271 e. The van der Waals surface area contributed by atoms with Crippen LogP contribution in [0.3, 0.4) is 0 Å². The van der Waals surface area contributed by atoms with Gasteiger partial charge in [-0.3, -0.25) is 4.79 Å². The lowest BCUT2D eigenvalue weighted by atomic mass is 10.1. The highest BCUT2D eigenvalue weighted by Crippen LogP contribution is 2.20. The van der Waals surface area contributed by atoms with Crippen LogP contribution in [0.1, 0.15) is 45.3 Å². The van der Waals surface area contributed by atoms with Crippen LogP contribution in [-0.2, 0) is 6.42 Å². The summed E-state index contributed by atoms with van der Waals surface area (Å²) in [6, 6.07) is 15.6. The van der Waals surface area contributed by atoms with Crippen molar-refractivity contribution < 1.29 is 4.79 Å². The molecule has 7 heteroatoms. The summed E-state index contributed by atoms with van der Waals surface area (Å²) in [5.74, 6) is 0.567. The summed E-state index contributed by atoms with van der Waals surface area (Å²) in [7, 11) is 0. The largest absolute Gasteiger partial charge is 0.344 e. The van der Waals surface area contributed by atoms with E-state index in [4.69, 9.17) is 0 Å². The van der Waals surface area contributed by atoms with E-state index >= 15 is 0 Å². The molecule has 1 amide bonds. The van der Waals surface area contributed by atoms with E-state index < -0.39 is 0 Å². The van der Waals surface area contributed by atoms with Crippen molar-refractivity contribution in [3.8, 4) is 5.82 Å². The van der Waals surface area contributed by atoms with Crippen molar-refractivity contribution in [2.45, 2.75) is 26.3 Å². The molecule has 0 aliphatic heterocycles. The number of thiazole rings is 1. The minimum atomic E-state index is -0.195. The lowest BCUT2D eigenvalue weighted by molar-refractivity contribution is 0.0935. The quantitative estimate of drug-likeness (QED) is 0.526. The first-order valence-corrected chi connectivity index (χ1v) is 10.2. The van der Waals surface area contributed by atoms with Crippen molar-refractivity contribution in [2.75, 3.05) is 0 Å². The number of carbonyl (C=O) groups excluding carboxylic acids is 1. The molecule has 0 aliphatic rings. The standard InChI is InChI=1S/C22H21N5OS/c1-15(18-13-24-27(16(18)2)20-10-6-7-11-23-20)25-22(28)19-14-29-21(26-19)12-17-8-4-3-5-9-17/h3-11,13-15H,12H2,1-2H3,(H,25,28)/t15-/m1/s1. The summed E-state index contributed by atoms with van der Waals surface area (Å²) in [5.41, 5.74) is 3.52. The van der Waals surface area contributed by atoms with E-state index in [-0.39, 0.29) is 11.9 Å². The second kappa shape index (κ2) is 8.36. The van der Waals surface area contributed by atoms with Gasteiger partial charge in [0, 0.05) is 29.3 Å². The van der Waals surface area contributed by atoms with E-state index in [9.17, 15) is 4.79 Å². The number of nitrogens with zero attached hydrogens (tertiary/aromatic N) is 4. The van der Waals surface area contributed by atoms with Crippen LogP contribution < -0.4 is 5.32 Å². The Hall–Kier alpha value is -3.32. The Morgan fingerprint density at radius 2 is 1.97 bits per heavy atom. The number of hydrogen-bond acceptors (Lipinski definition) is 5. The van der Waals surface area contributed by atoms with Gasteiger partial charge in [-0.1, -0.05) is 36.4 Å². The highest BCUT2D eigenvalue weighted by Gasteiger charge is 2.19. The zero-order valence-corrected chi connectivity index (χ0v) is 17.1. The van der Waals surface area contributed by atoms with Gasteiger partial charge in [-0.25, -0.2) is 14.6 Å². The molecule has 0 radical (unpaired) electrons. The highest BCUT2D eigenvalue weighted by atomic mass is 32.1. The number of aromatic nitrogens is 4. The number of amides is 1. The predicted octanol–water partition coefficient (Wildman–Crippen LogP) is 4.11. The minimum Gasteiger partial charge on any atom is -0.344 e. The molecule has 0 saturated heterocycles. The Kier molecular flexibility index (Phi) is 5.48. The molecule has 0 unspecified atom stereocenters. The molecule has 146 valence electrons. The number of benzene rings is 1. The molecule has 3 heterocycles. The van der Waals surface area contributed by atoms with Crippen molar-refractivity contribution in [1.82, 2.24) is 25.1 Å². The van der Waals surface area contributed by atoms with Gasteiger partial charge in [-0.15, -0.1) is 11.3 Å². The Labute approximate surface area is 173 Å². The van der Waals surface area contributed by atoms with Gasteiger partial charge >= 0.3 is 0 Å². The summed E-state index contributed by atoms with van der Waals surface area (Å²) in [6.07, 6.45) is 4.23. The zero-order valence-electron chi connectivity index (χ0n) is 16.2. The normalized spacial score (nSPS) is 11.9. The topological polar surface area (TPSA) is 72.7 Å². The molecular weight excluding hydrogens is 382 g/mol. The molecule has 6 nitrogen and oxygen atoms in total. The number of carbonyl (C=O) groups is 1. The Bertz CT molecular complexity index is 1100. The highest BCUT2D eigenvalue weighted by molar-refractivity contribution is 7.09. The first-order chi connectivity index (χ1) is 14.1. The molecule has 29 heavy (non-hydrogen) atoms. The van der Waals surface area contributed by atoms with Gasteiger partial charge in [0.15, 0.2) is 5.82 Å². The lowest BCUT2D eigenvalue weighted by Crippen LogP contribution is -2.27. The van der Waals surface area contributed by atoms with Crippen molar-refractivity contribution in [1.29, 1.82) is 0 Å². The fraction of sp³-hybridized carbons (Fsp3) is 0.182. The number of pyridine rings is 1. The van der Waals surface area contributed by atoms with Gasteiger partial charge in [0.25, 0.3) is 5.91 Å². The third kappa shape index (κ3) is 4.25. The average Bonchev–Trinajstić information content (AvgIpc) is 3.36. The first kappa shape index (κ1) is 19.0. The van der Waals surface area contributed by atoms with Crippen molar-refractivity contribution in [2.24, 2.45) is 0 Å². The Morgan fingerprint density at radius 1 is 1.17 bits per heavy atom. The molecule has 0 saturated carbocycles. The third-order valence-corrected chi connectivity index (χ3v) is 5.56. The van der Waals surface area contributed by atoms with Crippen molar-refractivity contribution in [3.05, 3.63) is 93.8 Å². The monoisotopic (exact) mass is 403 g/mol. The third-order valence-electron chi connectivity index (χ3n) is 4.71. The molecule has 0 bridgehead atoms. The predicted molar refractivity (Wildman–Crippen MR) is 113 cm³/mol. The fourth-order valence-corrected chi connectivity index (χ4v) is 3.98. The van der Waals surface area contributed by atoms with E-state index in [1.807, 2.05) is 55.6 Å². The summed E-state index contributed by atoms with van der Waals surface area (Å²) in [6.45, 7) is 3.92. The summed E-state index contributed by atoms with van der Waals surface area (Å²) in [5, 5.41) is 10.2. The first-order valence-electron chi connectivity index (χ1n) is 9.37. The second-order valence-corrected chi connectivity index (χ2v) is 7.71. The maximum atomic E-state index is 12.7. The summed E-state index contributed by atoms with van der Waals surface area (Å²) < 4.78 is 1.78. The van der Waals surface area contributed by atoms with Gasteiger partial charge in [0.05, 0.1) is 17.2 Å². The molecule has 1 aromatic carbocycles. The van der Waals surface area contributed by atoms with Crippen LogP contribution in [0, 0.1) is 6.92 Å². The van der Waals surface area contributed by atoms with Crippen LogP contribution in [0.15, 0.2) is 66.3 Å². The number of hydrogen-bond donors (Lipinski definition) is 1. The molecule has 4 rings (SSSR count). The molecule has 4 aromatic rings. The van der Waals surface area contributed by atoms with Crippen LogP contribution in [0.4, 0.5) is 0 Å². The fourth-order valence-electron chi connectivity index (χ4n) is 3.17. The van der Waals surface area contributed by atoms with Crippen LogP contribution >= 0.6 is 11.3 Å². The van der Waals surface area contributed by atoms with E-state index in [2.05, 4.69) is 32.5 Å².